The Kier molecular flexibility index (Phi) is 9.10. The topological polar surface area (TPSA) is 9.23 Å². The number of rotatable bonds is 13. The molecule has 0 N–H and O–H groups in total. The number of fused-ring (bicyclic) bond motifs is 3. The molecule has 1 nitrogen and oxygen atoms in total. The second kappa shape index (κ2) is 12.9. The van der Waals surface area contributed by atoms with E-state index in [1.54, 1.807) is 0 Å². The summed E-state index contributed by atoms with van der Waals surface area (Å²) in [5, 5.41) is 0. The van der Waals surface area contributed by atoms with Gasteiger partial charge in [-0.05, 0) is 94.0 Å². The van der Waals surface area contributed by atoms with Crippen molar-refractivity contribution in [2.24, 2.45) is 5.92 Å². The van der Waals surface area contributed by atoms with Crippen LogP contribution in [0.4, 0.5) is 0 Å². The van der Waals surface area contributed by atoms with Crippen molar-refractivity contribution >= 4 is 0 Å². The van der Waals surface area contributed by atoms with Crippen LogP contribution in [0.25, 0.3) is 33.4 Å². The fraction of sp³-hybridized carbons (Fsp3) is 0.385. The molecule has 0 spiro atoms. The lowest BCUT2D eigenvalue weighted by Gasteiger charge is -2.32. The van der Waals surface area contributed by atoms with Gasteiger partial charge >= 0.3 is 0 Å². The van der Waals surface area contributed by atoms with Gasteiger partial charge in [-0.15, -0.1) is 0 Å². The molecule has 0 bridgehead atoms. The molecule has 1 aliphatic carbocycles. The van der Waals surface area contributed by atoms with E-state index in [1.165, 1.54) is 95.9 Å². The van der Waals surface area contributed by atoms with Gasteiger partial charge in [-0.1, -0.05) is 127 Å². The SMILES string of the molecule is CCCCC(CC)COc1ccc(-c2ccc3c(c2)C(CCC)(CCC)c2cc(-c4ccccc4)ccc2-3)cc1. The molecule has 1 aliphatic rings. The second-order valence-electron chi connectivity index (χ2n) is 11.7. The first-order valence-electron chi connectivity index (χ1n) is 15.7. The minimum Gasteiger partial charge on any atom is -0.493 e. The molecule has 1 unspecified atom stereocenters. The maximum absolute atomic E-state index is 6.21. The minimum absolute atomic E-state index is 0.0612. The molecular weight excluding hydrogens is 484 g/mol. The quantitative estimate of drug-likeness (QED) is 0.167. The highest BCUT2D eigenvalue weighted by Gasteiger charge is 2.42. The van der Waals surface area contributed by atoms with Gasteiger partial charge in [-0.25, -0.2) is 0 Å². The van der Waals surface area contributed by atoms with Gasteiger partial charge in [-0.2, -0.15) is 0 Å². The van der Waals surface area contributed by atoms with Crippen molar-refractivity contribution in [3.05, 3.63) is 102 Å². The zero-order chi connectivity index (χ0) is 28.0. The number of ether oxygens (including phenoxy) is 1. The molecule has 4 aromatic rings. The van der Waals surface area contributed by atoms with Gasteiger partial charge in [0.2, 0.25) is 0 Å². The van der Waals surface area contributed by atoms with E-state index in [-0.39, 0.29) is 5.41 Å². The van der Waals surface area contributed by atoms with Crippen LogP contribution in [0.15, 0.2) is 91.0 Å². The van der Waals surface area contributed by atoms with Crippen molar-refractivity contribution in [3.8, 4) is 39.1 Å². The van der Waals surface area contributed by atoms with Crippen LogP contribution in [-0.4, -0.2) is 6.61 Å². The summed E-state index contributed by atoms with van der Waals surface area (Å²) in [6.45, 7) is 10.0. The summed E-state index contributed by atoms with van der Waals surface area (Å²) in [4.78, 5) is 0. The third-order valence-corrected chi connectivity index (χ3v) is 9.04. The molecule has 0 saturated carbocycles. The van der Waals surface area contributed by atoms with E-state index in [9.17, 15) is 0 Å². The molecular formula is C39H46O. The Morgan fingerprint density at radius 1 is 0.600 bits per heavy atom. The van der Waals surface area contributed by atoms with Gasteiger partial charge in [0.25, 0.3) is 0 Å². The fourth-order valence-corrected chi connectivity index (χ4v) is 6.86. The lowest BCUT2D eigenvalue weighted by Crippen LogP contribution is -2.25. The standard InChI is InChI=1S/C39H46O/c1-5-9-13-29(8-4)28-40-34-20-16-31(17-21-34)33-19-23-36-35-22-18-32(30-14-11-10-12-15-30)26-37(35)39(24-6-2,25-7-3)38(36)27-33/h10-12,14-23,26-27,29H,5-9,13,24-25,28H2,1-4H3. The maximum Gasteiger partial charge on any atom is 0.119 e. The lowest BCUT2D eigenvalue weighted by atomic mass is 9.71. The van der Waals surface area contributed by atoms with E-state index in [2.05, 4.69) is 119 Å². The number of hydrogen-bond acceptors (Lipinski definition) is 1. The Bertz CT molecular complexity index is 1380. The number of hydrogen-bond donors (Lipinski definition) is 0. The van der Waals surface area contributed by atoms with Crippen LogP contribution in [0.2, 0.25) is 0 Å². The molecule has 0 amide bonds. The fourth-order valence-electron chi connectivity index (χ4n) is 6.86. The summed E-state index contributed by atoms with van der Waals surface area (Å²) in [5.74, 6) is 1.62. The van der Waals surface area contributed by atoms with Crippen LogP contribution in [0.1, 0.15) is 90.2 Å². The molecule has 4 aromatic carbocycles. The smallest absolute Gasteiger partial charge is 0.119 e. The minimum atomic E-state index is 0.0612. The Morgan fingerprint density at radius 3 is 1.68 bits per heavy atom. The Hall–Kier alpha value is -3.32. The van der Waals surface area contributed by atoms with E-state index in [4.69, 9.17) is 4.74 Å². The van der Waals surface area contributed by atoms with Crippen LogP contribution in [0, 0.1) is 5.92 Å². The summed E-state index contributed by atoms with van der Waals surface area (Å²) in [5.41, 5.74) is 11.1. The highest BCUT2D eigenvalue weighted by Crippen LogP contribution is 2.55. The van der Waals surface area contributed by atoms with Gasteiger partial charge in [0.1, 0.15) is 5.75 Å². The third kappa shape index (κ3) is 5.62. The summed E-state index contributed by atoms with van der Waals surface area (Å²) in [6.07, 6.45) is 9.66. The van der Waals surface area contributed by atoms with Crippen LogP contribution >= 0.6 is 0 Å². The van der Waals surface area contributed by atoms with Crippen LogP contribution in [0.3, 0.4) is 0 Å². The Balaban J connectivity index is 1.47. The Labute approximate surface area is 242 Å². The highest BCUT2D eigenvalue weighted by atomic mass is 16.5. The van der Waals surface area contributed by atoms with Crippen molar-refractivity contribution in [3.63, 3.8) is 0 Å². The Morgan fingerprint density at radius 2 is 1.15 bits per heavy atom. The predicted octanol–water partition coefficient (Wildman–Crippen LogP) is 11.5. The largest absolute Gasteiger partial charge is 0.493 e. The third-order valence-electron chi connectivity index (χ3n) is 9.04. The summed E-state index contributed by atoms with van der Waals surface area (Å²) < 4.78 is 6.21. The van der Waals surface area contributed by atoms with Crippen LogP contribution in [0.5, 0.6) is 5.75 Å². The first kappa shape index (κ1) is 28.2. The van der Waals surface area contributed by atoms with Gasteiger partial charge in [0.15, 0.2) is 0 Å². The van der Waals surface area contributed by atoms with Gasteiger partial charge in [-0.3, -0.25) is 0 Å². The van der Waals surface area contributed by atoms with E-state index >= 15 is 0 Å². The number of benzene rings is 4. The molecule has 0 radical (unpaired) electrons. The highest BCUT2D eigenvalue weighted by molar-refractivity contribution is 5.86. The molecule has 0 heterocycles. The van der Waals surface area contributed by atoms with Crippen molar-refractivity contribution in [2.45, 2.75) is 84.5 Å². The van der Waals surface area contributed by atoms with E-state index in [1.807, 2.05) is 0 Å². The predicted molar refractivity (Wildman–Crippen MR) is 172 cm³/mol. The average molecular weight is 531 g/mol. The summed E-state index contributed by atoms with van der Waals surface area (Å²) >= 11 is 0. The second-order valence-corrected chi connectivity index (χ2v) is 11.7. The molecule has 1 atom stereocenters. The first-order valence-corrected chi connectivity index (χ1v) is 15.7. The average Bonchev–Trinajstić information content (AvgIpc) is 3.26. The van der Waals surface area contributed by atoms with Crippen LogP contribution in [-0.2, 0) is 5.41 Å². The van der Waals surface area contributed by atoms with E-state index in [0.29, 0.717) is 5.92 Å². The van der Waals surface area contributed by atoms with Crippen molar-refractivity contribution in [2.75, 3.05) is 6.61 Å². The molecule has 0 fully saturated rings. The molecule has 1 heteroatoms. The molecule has 0 aliphatic heterocycles. The molecule has 0 saturated heterocycles. The van der Waals surface area contributed by atoms with Gasteiger partial charge < -0.3 is 4.74 Å². The van der Waals surface area contributed by atoms with E-state index < -0.39 is 0 Å². The zero-order valence-electron chi connectivity index (χ0n) is 25.0. The number of unbranched alkanes of at least 4 members (excludes halogenated alkanes) is 1. The normalized spacial score (nSPS) is 14.0. The van der Waals surface area contributed by atoms with Crippen molar-refractivity contribution in [1.29, 1.82) is 0 Å². The summed E-state index contributed by atoms with van der Waals surface area (Å²) in [6, 6.07) is 34.0. The van der Waals surface area contributed by atoms with Gasteiger partial charge in [0, 0.05) is 5.41 Å². The van der Waals surface area contributed by atoms with Crippen molar-refractivity contribution < 1.29 is 4.74 Å². The molecule has 5 rings (SSSR count). The molecule has 0 aromatic heterocycles. The first-order chi connectivity index (χ1) is 19.6. The van der Waals surface area contributed by atoms with Gasteiger partial charge in [0.05, 0.1) is 6.61 Å². The molecule has 40 heavy (non-hydrogen) atoms. The monoisotopic (exact) mass is 530 g/mol. The lowest BCUT2D eigenvalue weighted by molar-refractivity contribution is 0.233. The molecule has 208 valence electrons. The van der Waals surface area contributed by atoms with E-state index in [0.717, 1.165) is 12.4 Å². The summed E-state index contributed by atoms with van der Waals surface area (Å²) in [7, 11) is 0. The maximum atomic E-state index is 6.21. The van der Waals surface area contributed by atoms with Crippen molar-refractivity contribution in [1.82, 2.24) is 0 Å². The zero-order valence-corrected chi connectivity index (χ0v) is 25.0. The van der Waals surface area contributed by atoms with Crippen LogP contribution < -0.4 is 4.74 Å².